The lowest BCUT2D eigenvalue weighted by atomic mass is 10.1. The van der Waals surface area contributed by atoms with E-state index in [2.05, 4.69) is 20.7 Å². The van der Waals surface area contributed by atoms with Crippen LogP contribution in [0.4, 0.5) is 5.69 Å². The van der Waals surface area contributed by atoms with Crippen molar-refractivity contribution in [2.45, 2.75) is 23.8 Å². The van der Waals surface area contributed by atoms with Crippen LogP contribution in [0.2, 0.25) is 0 Å². The summed E-state index contributed by atoms with van der Waals surface area (Å²) >= 11 is 3.35. The van der Waals surface area contributed by atoms with Crippen molar-refractivity contribution < 1.29 is 8.42 Å². The quantitative estimate of drug-likeness (QED) is 0.588. The predicted molar refractivity (Wildman–Crippen MR) is 104 cm³/mol. The van der Waals surface area contributed by atoms with Gasteiger partial charge in [0.2, 0.25) is 10.0 Å². The van der Waals surface area contributed by atoms with Crippen molar-refractivity contribution >= 4 is 31.6 Å². The van der Waals surface area contributed by atoms with Gasteiger partial charge in [0, 0.05) is 16.6 Å². The Labute approximate surface area is 161 Å². The van der Waals surface area contributed by atoms with E-state index >= 15 is 0 Å². The Balaban J connectivity index is 1.79. The second kappa shape index (κ2) is 7.47. The van der Waals surface area contributed by atoms with Gasteiger partial charge in [0.05, 0.1) is 35.7 Å². The number of nitrogens with one attached hydrogen (secondary N) is 1. The van der Waals surface area contributed by atoms with E-state index in [0.717, 1.165) is 4.47 Å². The van der Waals surface area contributed by atoms with E-state index in [1.165, 1.54) is 18.2 Å². The molecular formula is C18H18BrN3O3S. The molecule has 8 heteroatoms. The first-order valence-electron chi connectivity index (χ1n) is 8.19. The Morgan fingerprint density at radius 1 is 1.23 bits per heavy atom. The molecule has 2 aromatic rings. The molecule has 1 saturated heterocycles. The molecule has 0 radical (unpaired) electrons. The van der Waals surface area contributed by atoms with Gasteiger partial charge in [0.25, 0.3) is 0 Å². The van der Waals surface area contributed by atoms with Gasteiger partial charge >= 0.3 is 0 Å². The van der Waals surface area contributed by atoms with E-state index < -0.39 is 20.7 Å². The van der Waals surface area contributed by atoms with Gasteiger partial charge in [-0.15, -0.1) is 0 Å². The summed E-state index contributed by atoms with van der Waals surface area (Å²) in [6, 6.07) is 14.5. The minimum absolute atomic E-state index is 0.0368. The van der Waals surface area contributed by atoms with Crippen LogP contribution in [0.25, 0.3) is 0 Å². The molecule has 136 valence electrons. The zero-order valence-electron chi connectivity index (χ0n) is 13.9. The molecule has 0 amide bonds. The monoisotopic (exact) mass is 435 g/mol. The lowest BCUT2D eigenvalue weighted by molar-refractivity contribution is 0.269. The van der Waals surface area contributed by atoms with E-state index in [0.29, 0.717) is 25.1 Å². The minimum atomic E-state index is -3.79. The number of quaternary nitrogens is 1. The number of nitrogens with zero attached hydrogens (tertiary/aromatic N) is 2. The highest BCUT2D eigenvalue weighted by Crippen LogP contribution is 2.29. The van der Waals surface area contributed by atoms with Crippen LogP contribution < -0.4 is 9.37 Å². The van der Waals surface area contributed by atoms with Crippen LogP contribution in [0.1, 0.15) is 18.4 Å². The Morgan fingerprint density at radius 3 is 2.65 bits per heavy atom. The first-order chi connectivity index (χ1) is 12.3. The zero-order valence-corrected chi connectivity index (χ0v) is 16.3. The topological polar surface area (TPSA) is 93.0 Å². The summed E-state index contributed by atoms with van der Waals surface area (Å²) < 4.78 is 28.2. The average Bonchev–Trinajstić information content (AvgIpc) is 2.62. The number of nitriles is 1. The lowest BCUT2D eigenvalue weighted by Gasteiger charge is -2.47. The fraction of sp³-hybridized carbons (Fsp3) is 0.278. The lowest BCUT2D eigenvalue weighted by Crippen LogP contribution is -2.57. The average molecular weight is 436 g/mol. The van der Waals surface area contributed by atoms with Crippen molar-refractivity contribution in [2.75, 3.05) is 13.1 Å². The molecule has 0 bridgehead atoms. The normalized spacial score (nSPS) is 23.3. The number of benzene rings is 2. The number of hydroxylamine groups is 2. The number of rotatable bonds is 4. The molecule has 6 nitrogen and oxygen atoms in total. The molecule has 1 aliphatic rings. The van der Waals surface area contributed by atoms with Gasteiger partial charge in [0.1, 0.15) is 5.69 Å². The van der Waals surface area contributed by atoms with Crippen LogP contribution in [0.5, 0.6) is 0 Å². The van der Waals surface area contributed by atoms with Crippen molar-refractivity contribution in [1.29, 1.82) is 5.26 Å². The molecule has 2 atom stereocenters. The standard InChI is InChI=1S/C18H18BrN3O3S/c19-15-6-8-17(9-7-15)22(23)10-2-4-16(13-22)21-26(24,25)18-5-1-3-14(11-18)12-20/h1,3,5-9,11,16,21H,2,4,10,13H2. The van der Waals surface area contributed by atoms with Gasteiger partial charge in [-0.25, -0.2) is 13.1 Å². The SMILES string of the molecule is N#Cc1cccc(S(=O)(=O)NC2CCC[N+]([O-])(c3ccc(Br)cc3)C2)c1. The Kier molecular flexibility index (Phi) is 5.46. The van der Waals surface area contributed by atoms with Crippen LogP contribution in [0, 0.1) is 16.5 Å². The van der Waals surface area contributed by atoms with Gasteiger partial charge in [-0.3, -0.25) is 0 Å². The second-order valence-electron chi connectivity index (χ2n) is 6.37. The van der Waals surface area contributed by atoms with Crippen molar-refractivity contribution in [3.8, 4) is 6.07 Å². The molecule has 1 fully saturated rings. The maximum Gasteiger partial charge on any atom is 0.241 e. The van der Waals surface area contributed by atoms with E-state index in [-0.39, 0.29) is 17.0 Å². The zero-order chi connectivity index (χ0) is 18.8. The summed E-state index contributed by atoms with van der Waals surface area (Å²) in [6.07, 6.45) is 1.24. The van der Waals surface area contributed by atoms with Crippen LogP contribution >= 0.6 is 15.9 Å². The van der Waals surface area contributed by atoms with Crippen LogP contribution in [0.3, 0.4) is 0 Å². The Hall–Kier alpha value is -1.76. The molecule has 1 N–H and O–H groups in total. The summed E-state index contributed by atoms with van der Waals surface area (Å²) in [5, 5.41) is 22.2. The second-order valence-corrected chi connectivity index (χ2v) is 9.00. The fourth-order valence-corrected chi connectivity index (χ4v) is 4.77. The highest BCUT2D eigenvalue weighted by Gasteiger charge is 2.33. The van der Waals surface area contributed by atoms with E-state index in [1.807, 2.05) is 18.2 Å². The molecule has 0 spiro atoms. The predicted octanol–water partition coefficient (Wildman–Crippen LogP) is 3.27. The number of hydrogen-bond acceptors (Lipinski definition) is 4. The van der Waals surface area contributed by atoms with Gasteiger partial charge < -0.3 is 9.85 Å². The first kappa shape index (κ1) is 19.0. The van der Waals surface area contributed by atoms with E-state index in [9.17, 15) is 13.6 Å². The molecular weight excluding hydrogens is 418 g/mol. The van der Waals surface area contributed by atoms with Crippen LogP contribution in [0.15, 0.2) is 57.9 Å². The summed E-state index contributed by atoms with van der Waals surface area (Å²) in [5.41, 5.74) is 0.893. The minimum Gasteiger partial charge on any atom is -0.627 e. The molecule has 0 saturated carbocycles. The molecule has 2 aromatic carbocycles. The van der Waals surface area contributed by atoms with Crippen molar-refractivity contribution in [3.63, 3.8) is 0 Å². The smallest absolute Gasteiger partial charge is 0.241 e. The molecule has 1 aliphatic heterocycles. The maximum atomic E-state index is 13.2. The summed E-state index contributed by atoms with van der Waals surface area (Å²) in [6.45, 7) is 0.558. The number of piperidine rings is 1. The van der Waals surface area contributed by atoms with Gasteiger partial charge in [-0.05, 0) is 43.2 Å². The number of sulfonamides is 1. The Morgan fingerprint density at radius 2 is 1.96 bits per heavy atom. The summed E-state index contributed by atoms with van der Waals surface area (Å²) in [5.74, 6) is 0. The van der Waals surface area contributed by atoms with E-state index in [1.54, 1.807) is 18.2 Å². The fourth-order valence-electron chi connectivity index (χ4n) is 3.20. The largest absolute Gasteiger partial charge is 0.627 e. The van der Waals surface area contributed by atoms with Gasteiger partial charge in [-0.2, -0.15) is 5.26 Å². The van der Waals surface area contributed by atoms with Gasteiger partial charge in [0.15, 0.2) is 0 Å². The third-order valence-corrected chi connectivity index (χ3v) is 6.53. The highest BCUT2D eigenvalue weighted by atomic mass is 79.9. The third kappa shape index (κ3) is 4.14. The number of hydrogen-bond donors (Lipinski definition) is 1. The molecule has 2 unspecified atom stereocenters. The van der Waals surface area contributed by atoms with Crippen molar-refractivity contribution in [1.82, 2.24) is 9.37 Å². The first-order valence-corrected chi connectivity index (χ1v) is 10.5. The molecule has 1 heterocycles. The molecule has 0 aliphatic carbocycles. The van der Waals surface area contributed by atoms with Crippen molar-refractivity contribution in [3.05, 3.63) is 63.8 Å². The summed E-state index contributed by atoms with van der Waals surface area (Å²) in [4.78, 5) is 0.0368. The summed E-state index contributed by atoms with van der Waals surface area (Å²) in [7, 11) is -3.79. The maximum absolute atomic E-state index is 13.2. The van der Waals surface area contributed by atoms with Crippen LogP contribution in [-0.4, -0.2) is 27.5 Å². The van der Waals surface area contributed by atoms with E-state index in [4.69, 9.17) is 5.26 Å². The molecule has 26 heavy (non-hydrogen) atoms. The molecule has 3 rings (SSSR count). The van der Waals surface area contributed by atoms with Crippen LogP contribution in [-0.2, 0) is 10.0 Å². The Bertz CT molecular complexity index is 941. The van der Waals surface area contributed by atoms with Crippen molar-refractivity contribution in [2.24, 2.45) is 0 Å². The highest BCUT2D eigenvalue weighted by molar-refractivity contribution is 9.10. The number of halogens is 1. The molecule has 0 aromatic heterocycles. The van der Waals surface area contributed by atoms with Gasteiger partial charge in [-0.1, -0.05) is 22.0 Å². The third-order valence-electron chi connectivity index (χ3n) is 4.48.